The molecule has 0 nitrogen and oxygen atoms in total. The van der Waals surface area contributed by atoms with E-state index in [1.54, 1.807) is 11.1 Å². The fourth-order valence-electron chi connectivity index (χ4n) is 2.81. The average Bonchev–Trinajstić information content (AvgIpc) is 2.28. The van der Waals surface area contributed by atoms with Crippen LogP contribution in [0.25, 0.3) is 0 Å². The van der Waals surface area contributed by atoms with Crippen LogP contribution in [0.3, 0.4) is 0 Å². The molecule has 0 heteroatoms. The van der Waals surface area contributed by atoms with Crippen LogP contribution in [0.4, 0.5) is 0 Å². The maximum absolute atomic E-state index is 2.42. The van der Waals surface area contributed by atoms with E-state index in [1.165, 1.54) is 25.7 Å². The van der Waals surface area contributed by atoms with Gasteiger partial charge in [-0.15, -0.1) is 0 Å². The van der Waals surface area contributed by atoms with Crippen molar-refractivity contribution >= 4 is 0 Å². The minimum atomic E-state index is 0.455. The van der Waals surface area contributed by atoms with Gasteiger partial charge in [0.2, 0.25) is 0 Å². The summed E-state index contributed by atoms with van der Waals surface area (Å²) < 4.78 is 0. The third-order valence-electron chi connectivity index (χ3n) is 4.22. The topological polar surface area (TPSA) is 0 Å². The molecule has 1 aliphatic carbocycles. The van der Waals surface area contributed by atoms with Gasteiger partial charge in [0.15, 0.2) is 0 Å². The Kier molecular flexibility index (Phi) is 2.86. The van der Waals surface area contributed by atoms with Gasteiger partial charge in [-0.2, -0.15) is 0 Å². The van der Waals surface area contributed by atoms with Gasteiger partial charge in [0.25, 0.3) is 0 Å². The van der Waals surface area contributed by atoms with Gasteiger partial charge in [0.1, 0.15) is 0 Å². The lowest BCUT2D eigenvalue weighted by Gasteiger charge is -2.38. The Morgan fingerprint density at radius 3 is 2.73 bits per heavy atom. The van der Waals surface area contributed by atoms with E-state index in [0.717, 1.165) is 5.92 Å². The van der Waals surface area contributed by atoms with Crippen molar-refractivity contribution in [2.24, 2.45) is 5.41 Å². The summed E-state index contributed by atoms with van der Waals surface area (Å²) in [5.74, 6) is 0.771. The molecule has 0 radical (unpaired) electrons. The number of hydrogen-bond donors (Lipinski definition) is 0. The lowest BCUT2D eigenvalue weighted by atomic mass is 9.67. The molecule has 1 aromatic carbocycles. The van der Waals surface area contributed by atoms with Crippen molar-refractivity contribution < 1.29 is 0 Å². The fraction of sp³-hybridized carbons (Fsp3) is 0.600. The molecular weight excluding hydrogens is 180 g/mol. The molecule has 1 aromatic rings. The highest BCUT2D eigenvalue weighted by molar-refractivity contribution is 5.33. The van der Waals surface area contributed by atoms with Gasteiger partial charge in [-0.3, -0.25) is 0 Å². The van der Waals surface area contributed by atoms with Gasteiger partial charge in [-0.1, -0.05) is 51.5 Å². The van der Waals surface area contributed by atoms with Gasteiger partial charge in [0, 0.05) is 0 Å². The Morgan fingerprint density at radius 2 is 2.00 bits per heavy atom. The van der Waals surface area contributed by atoms with Gasteiger partial charge in [-0.05, 0) is 41.7 Å². The van der Waals surface area contributed by atoms with Crippen LogP contribution in [0.5, 0.6) is 0 Å². The number of fused-ring (bicyclic) bond motifs is 1. The molecule has 0 aromatic heterocycles. The Balaban J connectivity index is 2.38. The molecule has 82 valence electrons. The van der Waals surface area contributed by atoms with Crippen LogP contribution < -0.4 is 0 Å². The first kappa shape index (κ1) is 10.7. The fourth-order valence-corrected chi connectivity index (χ4v) is 2.81. The molecule has 15 heavy (non-hydrogen) atoms. The van der Waals surface area contributed by atoms with Crippen molar-refractivity contribution in [1.82, 2.24) is 0 Å². The lowest BCUT2D eigenvalue weighted by Crippen LogP contribution is -2.25. The predicted octanol–water partition coefficient (Wildman–Crippen LogP) is 4.54. The van der Waals surface area contributed by atoms with Crippen LogP contribution in [0.15, 0.2) is 24.3 Å². The normalized spacial score (nSPS) is 21.1. The highest BCUT2D eigenvalue weighted by atomic mass is 14.4. The van der Waals surface area contributed by atoms with Gasteiger partial charge in [0.05, 0.1) is 0 Å². The van der Waals surface area contributed by atoms with Crippen LogP contribution in [0.1, 0.15) is 57.1 Å². The average molecular weight is 202 g/mol. The minimum absolute atomic E-state index is 0.455. The largest absolute Gasteiger partial charge is 0.0649 e. The third-order valence-corrected chi connectivity index (χ3v) is 4.22. The van der Waals surface area contributed by atoms with Gasteiger partial charge in [-0.25, -0.2) is 0 Å². The number of rotatable bonds is 2. The Morgan fingerprint density at radius 1 is 1.27 bits per heavy atom. The van der Waals surface area contributed by atoms with Crippen molar-refractivity contribution in [3.05, 3.63) is 35.4 Å². The standard InChI is InChI=1S/C15H22/c1-4-15(2,3)14-11-7-9-12-8-5-6-10-13(12)14/h5-6,8,10,14H,4,7,9,11H2,1-3H3. The predicted molar refractivity (Wildman–Crippen MR) is 66.2 cm³/mol. The van der Waals surface area contributed by atoms with Crippen molar-refractivity contribution in [3.8, 4) is 0 Å². The first-order valence-corrected chi connectivity index (χ1v) is 6.23. The molecule has 0 heterocycles. The molecule has 2 rings (SSSR count). The number of benzene rings is 1. The summed E-state index contributed by atoms with van der Waals surface area (Å²) in [7, 11) is 0. The molecule has 0 bridgehead atoms. The van der Waals surface area contributed by atoms with E-state index in [0.29, 0.717) is 5.41 Å². The molecule has 0 amide bonds. The zero-order valence-corrected chi connectivity index (χ0v) is 10.2. The van der Waals surface area contributed by atoms with Crippen LogP contribution in [-0.4, -0.2) is 0 Å². The molecule has 0 spiro atoms. The first-order chi connectivity index (χ1) is 7.15. The first-order valence-electron chi connectivity index (χ1n) is 6.23. The smallest absolute Gasteiger partial charge is 0.0108 e. The number of aryl methyl sites for hydroxylation is 1. The Hall–Kier alpha value is -0.780. The summed E-state index contributed by atoms with van der Waals surface area (Å²) in [5.41, 5.74) is 3.67. The van der Waals surface area contributed by atoms with E-state index >= 15 is 0 Å². The SMILES string of the molecule is CCC(C)(C)C1CCCc2ccccc21. The summed E-state index contributed by atoms with van der Waals surface area (Å²) in [6.45, 7) is 7.15. The van der Waals surface area contributed by atoms with Crippen LogP contribution in [0, 0.1) is 5.41 Å². The second-order valence-electron chi connectivity index (χ2n) is 5.49. The summed E-state index contributed by atoms with van der Waals surface area (Å²) in [6, 6.07) is 9.03. The van der Waals surface area contributed by atoms with Crippen LogP contribution in [0.2, 0.25) is 0 Å². The Labute approximate surface area is 93.7 Å². The van der Waals surface area contributed by atoms with E-state index in [1.807, 2.05) is 0 Å². The summed E-state index contributed by atoms with van der Waals surface area (Å²) in [4.78, 5) is 0. The van der Waals surface area contributed by atoms with E-state index in [-0.39, 0.29) is 0 Å². The van der Waals surface area contributed by atoms with E-state index in [2.05, 4.69) is 45.0 Å². The summed E-state index contributed by atoms with van der Waals surface area (Å²) in [5, 5.41) is 0. The molecule has 0 saturated heterocycles. The van der Waals surface area contributed by atoms with Crippen molar-refractivity contribution in [3.63, 3.8) is 0 Å². The highest BCUT2D eigenvalue weighted by Crippen LogP contribution is 2.45. The quantitative estimate of drug-likeness (QED) is 0.660. The van der Waals surface area contributed by atoms with E-state index < -0.39 is 0 Å². The van der Waals surface area contributed by atoms with Crippen LogP contribution in [-0.2, 0) is 6.42 Å². The van der Waals surface area contributed by atoms with Gasteiger partial charge < -0.3 is 0 Å². The van der Waals surface area contributed by atoms with Crippen molar-refractivity contribution in [2.75, 3.05) is 0 Å². The summed E-state index contributed by atoms with van der Waals surface area (Å²) in [6.07, 6.45) is 5.29. The van der Waals surface area contributed by atoms with Gasteiger partial charge >= 0.3 is 0 Å². The molecule has 1 unspecified atom stereocenters. The summed E-state index contributed by atoms with van der Waals surface area (Å²) >= 11 is 0. The molecule has 0 N–H and O–H groups in total. The second kappa shape index (κ2) is 4.00. The monoisotopic (exact) mass is 202 g/mol. The van der Waals surface area contributed by atoms with Crippen molar-refractivity contribution in [2.45, 2.75) is 52.4 Å². The molecule has 0 aliphatic heterocycles. The zero-order valence-electron chi connectivity index (χ0n) is 10.2. The number of hydrogen-bond acceptors (Lipinski definition) is 0. The molecule has 1 aliphatic rings. The third kappa shape index (κ3) is 1.95. The lowest BCUT2D eigenvalue weighted by molar-refractivity contribution is 0.249. The van der Waals surface area contributed by atoms with E-state index in [4.69, 9.17) is 0 Å². The van der Waals surface area contributed by atoms with E-state index in [9.17, 15) is 0 Å². The molecule has 0 fully saturated rings. The van der Waals surface area contributed by atoms with Crippen LogP contribution >= 0.6 is 0 Å². The van der Waals surface area contributed by atoms with Crippen molar-refractivity contribution in [1.29, 1.82) is 0 Å². The minimum Gasteiger partial charge on any atom is -0.0649 e. The molecule has 1 atom stereocenters. The Bertz CT molecular complexity index is 336. The second-order valence-corrected chi connectivity index (χ2v) is 5.49. The maximum Gasteiger partial charge on any atom is -0.0108 e. The maximum atomic E-state index is 2.42. The molecule has 0 saturated carbocycles. The molecular formula is C15H22. The zero-order chi connectivity index (χ0) is 10.9. The highest BCUT2D eigenvalue weighted by Gasteiger charge is 2.32.